The highest BCUT2D eigenvalue weighted by molar-refractivity contribution is 7.09. The molecule has 0 bridgehead atoms. The van der Waals surface area contributed by atoms with E-state index in [0.29, 0.717) is 30.1 Å². The minimum absolute atomic E-state index is 0.00534. The van der Waals surface area contributed by atoms with E-state index in [1.165, 1.54) is 11.0 Å². The number of thiazole rings is 1. The maximum Gasteiger partial charge on any atom is 0.257 e. The minimum Gasteiger partial charge on any atom is -0.493 e. The largest absolute Gasteiger partial charge is 0.493 e. The molecular weight excluding hydrogens is 388 g/mol. The zero-order valence-electron chi connectivity index (χ0n) is 17.1. The van der Waals surface area contributed by atoms with Crippen molar-refractivity contribution in [2.75, 3.05) is 13.7 Å². The highest BCUT2D eigenvalue weighted by Crippen LogP contribution is 2.41. The molecule has 0 radical (unpaired) electrons. The van der Waals surface area contributed by atoms with Crippen LogP contribution >= 0.6 is 11.3 Å². The number of benzene rings is 1. The van der Waals surface area contributed by atoms with Gasteiger partial charge in [0.2, 0.25) is 0 Å². The van der Waals surface area contributed by atoms with E-state index in [2.05, 4.69) is 15.6 Å². The van der Waals surface area contributed by atoms with Crippen LogP contribution in [0, 0.1) is 12.3 Å². The van der Waals surface area contributed by atoms with Crippen LogP contribution in [0.15, 0.2) is 29.9 Å². The van der Waals surface area contributed by atoms with E-state index >= 15 is 0 Å². The van der Waals surface area contributed by atoms with E-state index in [1.807, 2.05) is 26.3 Å². The molecule has 154 valence electrons. The van der Waals surface area contributed by atoms with Gasteiger partial charge in [0.05, 0.1) is 17.8 Å². The van der Waals surface area contributed by atoms with Gasteiger partial charge in [0, 0.05) is 35.9 Å². The van der Waals surface area contributed by atoms with Gasteiger partial charge in [-0.15, -0.1) is 11.3 Å². The van der Waals surface area contributed by atoms with E-state index in [1.54, 1.807) is 36.7 Å². The topological polar surface area (TPSA) is 96.3 Å². The molecule has 1 aromatic carbocycles. The third-order valence-corrected chi connectivity index (χ3v) is 5.51. The lowest BCUT2D eigenvalue weighted by Crippen LogP contribution is -2.28. The van der Waals surface area contributed by atoms with Crippen LogP contribution in [-0.2, 0) is 12.8 Å². The number of amidine groups is 1. The molecule has 0 aliphatic carbocycles. The van der Waals surface area contributed by atoms with Crippen molar-refractivity contribution in [2.24, 2.45) is 0 Å². The summed E-state index contributed by atoms with van der Waals surface area (Å²) in [6.45, 7) is 6.49. The highest BCUT2D eigenvalue weighted by Gasteiger charge is 2.33. The number of amides is 1. The minimum atomic E-state index is -0.380. The van der Waals surface area contributed by atoms with E-state index in [-0.39, 0.29) is 17.3 Å². The fourth-order valence-corrected chi connectivity index (χ4v) is 3.89. The summed E-state index contributed by atoms with van der Waals surface area (Å²) in [6.07, 6.45) is 4.51. The zero-order chi connectivity index (χ0) is 21.0. The number of aromatic nitrogens is 1. The van der Waals surface area contributed by atoms with Gasteiger partial charge in [-0.1, -0.05) is 0 Å². The Hall–Kier alpha value is -2.87. The van der Waals surface area contributed by atoms with Crippen LogP contribution in [-0.4, -0.2) is 36.0 Å². The van der Waals surface area contributed by atoms with Gasteiger partial charge in [0.25, 0.3) is 5.91 Å². The molecule has 0 saturated heterocycles. The third-order valence-electron chi connectivity index (χ3n) is 4.52. The van der Waals surface area contributed by atoms with E-state index < -0.39 is 0 Å². The average Bonchev–Trinajstić information content (AvgIpc) is 3.20. The Bertz CT molecular complexity index is 949. The van der Waals surface area contributed by atoms with Crippen molar-refractivity contribution >= 4 is 23.1 Å². The third kappa shape index (κ3) is 5.14. The Morgan fingerprint density at radius 2 is 2.24 bits per heavy atom. The quantitative estimate of drug-likeness (QED) is 0.477. The second kappa shape index (κ2) is 8.65. The first-order valence-electron chi connectivity index (χ1n) is 9.40. The molecule has 2 heterocycles. The molecule has 1 aromatic heterocycles. The molecule has 7 nitrogen and oxygen atoms in total. The maximum absolute atomic E-state index is 12.6. The van der Waals surface area contributed by atoms with Crippen LogP contribution in [0.1, 0.15) is 40.3 Å². The van der Waals surface area contributed by atoms with E-state index in [9.17, 15) is 4.79 Å². The molecule has 1 aliphatic rings. The second-order valence-corrected chi connectivity index (χ2v) is 8.38. The van der Waals surface area contributed by atoms with Crippen LogP contribution in [0.5, 0.6) is 11.5 Å². The lowest BCUT2D eigenvalue weighted by atomic mass is 9.99. The molecule has 0 saturated carbocycles. The number of nitrogens with one attached hydrogen (secondary N) is 3. The molecule has 0 atom stereocenters. The molecular formula is C21H26N4O3S. The molecule has 0 unspecified atom stereocenters. The van der Waals surface area contributed by atoms with Crippen molar-refractivity contribution in [1.82, 2.24) is 15.6 Å². The lowest BCUT2D eigenvalue weighted by molar-refractivity contribution is 0.0974. The van der Waals surface area contributed by atoms with Crippen LogP contribution in [0.3, 0.4) is 0 Å². The summed E-state index contributed by atoms with van der Waals surface area (Å²) in [5, 5.41) is 13.2. The van der Waals surface area contributed by atoms with Gasteiger partial charge >= 0.3 is 0 Å². The maximum atomic E-state index is 12.6. The summed E-state index contributed by atoms with van der Waals surface area (Å²) in [7, 11) is 1.72. The van der Waals surface area contributed by atoms with Crippen molar-refractivity contribution in [3.8, 4) is 11.5 Å². The molecule has 1 aliphatic heterocycles. The predicted octanol–water partition coefficient (Wildman–Crippen LogP) is 3.23. The van der Waals surface area contributed by atoms with Crippen molar-refractivity contribution in [3.05, 3.63) is 51.6 Å². The van der Waals surface area contributed by atoms with Gasteiger partial charge < -0.3 is 20.1 Å². The molecule has 0 spiro atoms. The Balaban J connectivity index is 1.79. The van der Waals surface area contributed by atoms with Crippen molar-refractivity contribution < 1.29 is 14.3 Å². The van der Waals surface area contributed by atoms with Crippen molar-refractivity contribution in [2.45, 2.75) is 39.2 Å². The van der Waals surface area contributed by atoms with Gasteiger partial charge in [-0.3, -0.25) is 10.2 Å². The summed E-state index contributed by atoms with van der Waals surface area (Å²) in [4.78, 5) is 18.1. The molecule has 3 N–H and O–H groups in total. The van der Waals surface area contributed by atoms with Crippen LogP contribution in [0.2, 0.25) is 0 Å². The number of fused-ring (bicyclic) bond motifs is 1. The monoisotopic (exact) mass is 414 g/mol. The summed E-state index contributed by atoms with van der Waals surface area (Å²) in [6, 6.07) is 3.45. The predicted molar refractivity (Wildman–Crippen MR) is 114 cm³/mol. The fourth-order valence-electron chi connectivity index (χ4n) is 3.13. The molecule has 1 amide bonds. The summed E-state index contributed by atoms with van der Waals surface area (Å²) in [5.74, 6) is 0.922. The van der Waals surface area contributed by atoms with Crippen molar-refractivity contribution in [3.63, 3.8) is 0 Å². The van der Waals surface area contributed by atoms with Crippen LogP contribution in [0.25, 0.3) is 0 Å². The molecule has 8 heteroatoms. The number of carbonyl (C=O) groups is 1. The standard InChI is InChI=1S/C21H26N4O3S/c1-13-18(29-12-24-13)6-8-27-16-9-14(20(26)25-19(22)5-7-23-4)10-17-15(16)11-21(2,3)28-17/h5,7,9-10,12,23H,6,8,11H2,1-4H3,(H2,22,25,26)/b7-5-. The first-order valence-corrected chi connectivity index (χ1v) is 10.3. The number of ether oxygens (including phenoxy) is 2. The van der Waals surface area contributed by atoms with Gasteiger partial charge in [0.1, 0.15) is 22.9 Å². The Labute approximate surface area is 174 Å². The number of hydrogen-bond acceptors (Lipinski definition) is 7. The number of rotatable bonds is 7. The van der Waals surface area contributed by atoms with Crippen LogP contribution < -0.4 is 20.1 Å². The smallest absolute Gasteiger partial charge is 0.257 e. The Kier molecular flexibility index (Phi) is 6.22. The van der Waals surface area contributed by atoms with Gasteiger partial charge in [-0.05, 0) is 45.2 Å². The fraction of sp³-hybridized carbons (Fsp3) is 0.381. The van der Waals surface area contributed by atoms with Gasteiger partial charge in [-0.25, -0.2) is 4.98 Å². The molecule has 0 fully saturated rings. The Morgan fingerprint density at radius 1 is 1.45 bits per heavy atom. The van der Waals surface area contributed by atoms with E-state index in [4.69, 9.17) is 14.9 Å². The summed E-state index contributed by atoms with van der Waals surface area (Å²) in [5.41, 5.74) is 3.87. The molecule has 29 heavy (non-hydrogen) atoms. The number of aryl methyl sites for hydroxylation is 1. The van der Waals surface area contributed by atoms with Crippen molar-refractivity contribution in [1.29, 1.82) is 5.41 Å². The second-order valence-electron chi connectivity index (χ2n) is 7.44. The normalized spacial score (nSPS) is 14.3. The zero-order valence-corrected chi connectivity index (χ0v) is 17.9. The first-order chi connectivity index (χ1) is 13.8. The number of nitrogens with zero attached hydrogens (tertiary/aromatic N) is 1. The Morgan fingerprint density at radius 3 is 2.93 bits per heavy atom. The summed E-state index contributed by atoms with van der Waals surface area (Å²) >= 11 is 1.62. The van der Waals surface area contributed by atoms with Gasteiger partial charge in [-0.2, -0.15) is 0 Å². The van der Waals surface area contributed by atoms with E-state index in [0.717, 1.165) is 17.7 Å². The van der Waals surface area contributed by atoms with Crippen LogP contribution in [0.4, 0.5) is 0 Å². The number of carbonyl (C=O) groups excluding carboxylic acids is 1. The SMILES string of the molecule is CN/C=C\C(=N)NC(=O)c1cc(OCCc2scnc2C)c2c(c1)OC(C)(C)C2. The lowest BCUT2D eigenvalue weighted by Gasteiger charge is -2.16. The van der Waals surface area contributed by atoms with Gasteiger partial charge in [0.15, 0.2) is 0 Å². The number of hydrogen-bond donors (Lipinski definition) is 3. The molecule has 2 aromatic rings. The summed E-state index contributed by atoms with van der Waals surface area (Å²) < 4.78 is 12.1. The first kappa shape index (κ1) is 20.9. The highest BCUT2D eigenvalue weighted by atomic mass is 32.1. The average molecular weight is 415 g/mol. The molecule has 3 rings (SSSR count).